The number of anilines is 1. The van der Waals surface area contributed by atoms with Gasteiger partial charge in [0.25, 0.3) is 0 Å². The van der Waals surface area contributed by atoms with Crippen molar-refractivity contribution in [2.24, 2.45) is 0 Å². The van der Waals surface area contributed by atoms with Gasteiger partial charge in [-0.15, -0.1) is 0 Å². The number of hydrogen-bond donors (Lipinski definition) is 1. The zero-order valence-electron chi connectivity index (χ0n) is 15.7. The fourth-order valence-corrected chi connectivity index (χ4v) is 3.50. The molecule has 2 heterocycles. The first kappa shape index (κ1) is 18.6. The number of nitrogens with one attached hydrogen (secondary N) is 1. The van der Waals surface area contributed by atoms with E-state index in [9.17, 15) is 9.18 Å². The summed E-state index contributed by atoms with van der Waals surface area (Å²) in [6, 6.07) is 12.4. The van der Waals surface area contributed by atoms with Crippen LogP contribution in [0.4, 0.5) is 10.1 Å². The summed E-state index contributed by atoms with van der Waals surface area (Å²) in [5.41, 5.74) is 2.10. The van der Waals surface area contributed by atoms with Gasteiger partial charge in [0.2, 0.25) is 12.7 Å². The van der Waals surface area contributed by atoms with Crippen LogP contribution in [0.5, 0.6) is 11.5 Å². The fraction of sp³-hybridized carbons (Fsp3) is 0.381. The van der Waals surface area contributed by atoms with Crippen LogP contribution >= 0.6 is 0 Å². The van der Waals surface area contributed by atoms with Crippen LogP contribution in [0.2, 0.25) is 0 Å². The summed E-state index contributed by atoms with van der Waals surface area (Å²) in [5.74, 6) is 1.48. The molecule has 148 valence electrons. The molecule has 1 N–H and O–H groups in total. The van der Waals surface area contributed by atoms with E-state index < -0.39 is 0 Å². The van der Waals surface area contributed by atoms with E-state index in [-0.39, 0.29) is 18.5 Å². The Morgan fingerprint density at radius 2 is 1.75 bits per heavy atom. The van der Waals surface area contributed by atoms with Crippen molar-refractivity contribution >= 4 is 11.6 Å². The summed E-state index contributed by atoms with van der Waals surface area (Å²) in [6.45, 7) is 4.50. The van der Waals surface area contributed by atoms with Crippen LogP contribution < -0.4 is 19.7 Å². The van der Waals surface area contributed by atoms with Gasteiger partial charge >= 0.3 is 0 Å². The van der Waals surface area contributed by atoms with Gasteiger partial charge in [-0.2, -0.15) is 0 Å². The van der Waals surface area contributed by atoms with E-state index in [4.69, 9.17) is 9.47 Å². The largest absolute Gasteiger partial charge is 0.454 e. The van der Waals surface area contributed by atoms with Gasteiger partial charge in [-0.3, -0.25) is 4.79 Å². The Bertz CT molecular complexity index is 820. The lowest BCUT2D eigenvalue weighted by Crippen LogP contribution is -2.49. The third-order valence-corrected chi connectivity index (χ3v) is 5.11. The monoisotopic (exact) mass is 385 g/mol. The molecule has 2 aromatic carbocycles. The minimum Gasteiger partial charge on any atom is -0.454 e. The Labute approximate surface area is 163 Å². The first-order valence-corrected chi connectivity index (χ1v) is 9.56. The van der Waals surface area contributed by atoms with E-state index in [1.165, 1.54) is 12.1 Å². The first-order chi connectivity index (χ1) is 13.7. The third kappa shape index (κ3) is 4.36. The zero-order chi connectivity index (χ0) is 19.3. The Balaban J connectivity index is 1.17. The number of rotatable bonds is 6. The van der Waals surface area contributed by atoms with Crippen molar-refractivity contribution in [3.63, 3.8) is 0 Å². The van der Waals surface area contributed by atoms with Crippen LogP contribution in [0.25, 0.3) is 0 Å². The summed E-state index contributed by atoms with van der Waals surface area (Å²) in [5, 5.41) is 3.31. The molecule has 0 saturated carbocycles. The normalized spacial score (nSPS) is 15.8. The van der Waals surface area contributed by atoms with Gasteiger partial charge in [0.1, 0.15) is 5.82 Å². The molecule has 4 rings (SSSR count). The second-order valence-electron chi connectivity index (χ2n) is 6.96. The lowest BCUT2D eigenvalue weighted by Gasteiger charge is -2.36. The maximum atomic E-state index is 13.0. The minimum absolute atomic E-state index is 0.164. The smallest absolute Gasteiger partial charge is 0.231 e. The molecule has 0 radical (unpaired) electrons. The van der Waals surface area contributed by atoms with E-state index in [0.29, 0.717) is 32.6 Å². The molecular formula is C21H24FN3O3. The highest BCUT2D eigenvalue weighted by molar-refractivity contribution is 5.76. The van der Waals surface area contributed by atoms with E-state index >= 15 is 0 Å². The van der Waals surface area contributed by atoms with Gasteiger partial charge < -0.3 is 24.6 Å². The Morgan fingerprint density at radius 1 is 1.00 bits per heavy atom. The lowest BCUT2D eigenvalue weighted by atomic mass is 10.2. The van der Waals surface area contributed by atoms with Gasteiger partial charge in [-0.1, -0.05) is 6.07 Å². The van der Waals surface area contributed by atoms with E-state index in [1.807, 2.05) is 23.1 Å². The molecule has 0 aliphatic carbocycles. The van der Waals surface area contributed by atoms with Crippen LogP contribution in [0, 0.1) is 5.82 Å². The molecule has 6 nitrogen and oxygen atoms in total. The summed E-state index contributed by atoms with van der Waals surface area (Å²) < 4.78 is 23.7. The topological polar surface area (TPSA) is 54.0 Å². The number of benzene rings is 2. The molecule has 0 spiro atoms. The van der Waals surface area contributed by atoms with Gasteiger partial charge in [0, 0.05) is 51.4 Å². The second kappa shape index (κ2) is 8.48. The van der Waals surface area contributed by atoms with Crippen molar-refractivity contribution in [1.82, 2.24) is 10.2 Å². The summed E-state index contributed by atoms with van der Waals surface area (Å²) in [6.07, 6.45) is 0.473. The van der Waals surface area contributed by atoms with Gasteiger partial charge in [0.05, 0.1) is 0 Å². The number of halogens is 1. The van der Waals surface area contributed by atoms with Crippen LogP contribution in [0.1, 0.15) is 12.0 Å². The Hall–Kier alpha value is -2.80. The summed E-state index contributed by atoms with van der Waals surface area (Å²) in [7, 11) is 0. The predicted octanol–water partition coefficient (Wildman–Crippen LogP) is 2.38. The fourth-order valence-electron chi connectivity index (χ4n) is 3.50. The number of amides is 1. The van der Waals surface area contributed by atoms with Crippen LogP contribution in [0.3, 0.4) is 0 Å². The van der Waals surface area contributed by atoms with Crippen LogP contribution in [0.15, 0.2) is 42.5 Å². The van der Waals surface area contributed by atoms with E-state index in [1.54, 1.807) is 12.1 Å². The molecule has 28 heavy (non-hydrogen) atoms. The van der Waals surface area contributed by atoms with Gasteiger partial charge in [0.15, 0.2) is 11.5 Å². The van der Waals surface area contributed by atoms with Crippen molar-refractivity contribution in [2.45, 2.75) is 13.0 Å². The highest BCUT2D eigenvalue weighted by atomic mass is 19.1. The average Bonchev–Trinajstić information content (AvgIpc) is 3.20. The molecule has 0 unspecified atom stereocenters. The number of carbonyl (C=O) groups is 1. The van der Waals surface area contributed by atoms with Gasteiger partial charge in [-0.25, -0.2) is 4.39 Å². The van der Waals surface area contributed by atoms with Crippen LogP contribution in [-0.2, 0) is 11.3 Å². The number of nitrogens with zero attached hydrogens (tertiary/aromatic N) is 2. The van der Waals surface area contributed by atoms with Crippen molar-refractivity contribution < 1.29 is 18.7 Å². The summed E-state index contributed by atoms with van der Waals surface area (Å²) in [4.78, 5) is 16.5. The molecular weight excluding hydrogens is 361 g/mol. The van der Waals surface area contributed by atoms with Gasteiger partial charge in [-0.05, 0) is 42.0 Å². The molecule has 1 fully saturated rings. The molecule has 7 heteroatoms. The van der Waals surface area contributed by atoms with Crippen molar-refractivity contribution in [3.8, 4) is 11.5 Å². The Morgan fingerprint density at radius 3 is 2.54 bits per heavy atom. The Kier molecular flexibility index (Phi) is 5.62. The maximum absolute atomic E-state index is 13.0. The summed E-state index contributed by atoms with van der Waals surface area (Å²) >= 11 is 0. The quantitative estimate of drug-likeness (QED) is 0.774. The molecule has 0 bridgehead atoms. The van der Waals surface area contributed by atoms with E-state index in [0.717, 1.165) is 35.8 Å². The first-order valence-electron chi connectivity index (χ1n) is 9.56. The number of hydrogen-bond acceptors (Lipinski definition) is 5. The highest BCUT2D eigenvalue weighted by Crippen LogP contribution is 2.32. The highest BCUT2D eigenvalue weighted by Gasteiger charge is 2.21. The molecule has 1 saturated heterocycles. The SMILES string of the molecule is O=C(CCNCc1ccc2c(c1)OCO2)N1CCN(c2ccc(F)cc2)CC1. The molecule has 2 aliphatic heterocycles. The molecule has 2 aromatic rings. The number of piperazine rings is 1. The molecule has 0 atom stereocenters. The second-order valence-corrected chi connectivity index (χ2v) is 6.96. The van der Waals surface area contributed by atoms with E-state index in [2.05, 4.69) is 10.2 Å². The zero-order valence-corrected chi connectivity index (χ0v) is 15.7. The molecule has 1 amide bonds. The van der Waals surface area contributed by atoms with Crippen LogP contribution in [-0.4, -0.2) is 50.3 Å². The van der Waals surface area contributed by atoms with Crippen molar-refractivity contribution in [3.05, 3.63) is 53.8 Å². The number of carbonyl (C=O) groups excluding carboxylic acids is 1. The van der Waals surface area contributed by atoms with Crippen molar-refractivity contribution in [2.75, 3.05) is 44.4 Å². The molecule has 0 aromatic heterocycles. The number of ether oxygens (including phenoxy) is 2. The minimum atomic E-state index is -0.231. The standard InChI is InChI=1S/C21H24FN3O3/c22-17-2-4-18(5-3-17)24-9-11-25(12-10-24)21(26)7-8-23-14-16-1-6-19-20(13-16)28-15-27-19/h1-6,13,23H,7-12,14-15H2. The average molecular weight is 385 g/mol. The maximum Gasteiger partial charge on any atom is 0.231 e. The van der Waals surface area contributed by atoms with Crippen molar-refractivity contribution in [1.29, 1.82) is 0 Å². The lowest BCUT2D eigenvalue weighted by molar-refractivity contribution is -0.131. The predicted molar refractivity (Wildman–Crippen MR) is 104 cm³/mol. The molecule has 2 aliphatic rings. The number of fused-ring (bicyclic) bond motifs is 1. The third-order valence-electron chi connectivity index (χ3n) is 5.11.